The van der Waals surface area contributed by atoms with Crippen molar-refractivity contribution in [3.8, 4) is 0 Å². The zero-order valence-electron chi connectivity index (χ0n) is 16.4. The van der Waals surface area contributed by atoms with E-state index in [-0.39, 0.29) is 12.1 Å². The highest BCUT2D eigenvalue weighted by Gasteiger charge is 2.47. The molecular weight excluding hydrogens is 324 g/mol. The lowest BCUT2D eigenvalue weighted by Gasteiger charge is -2.58. The summed E-state index contributed by atoms with van der Waals surface area (Å²) in [5.74, 6) is -0.184. The van der Waals surface area contributed by atoms with Crippen molar-refractivity contribution in [2.24, 2.45) is 0 Å². The zero-order chi connectivity index (χ0) is 18.1. The molecule has 0 aromatic rings. The van der Waals surface area contributed by atoms with Gasteiger partial charge in [-0.1, -0.05) is 24.1 Å². The molecule has 0 radical (unpaired) electrons. The Balaban J connectivity index is 1.35. The SMILES string of the molecule is C/C=C(C)/C=C\C(=O)OC1CCN2[C@@H]3C[C@@H](C[C@@H]2C1)N1CCCC[C@@H]1C3. The summed E-state index contributed by atoms with van der Waals surface area (Å²) < 4.78 is 5.77. The fourth-order valence-electron chi connectivity index (χ4n) is 5.78. The minimum Gasteiger partial charge on any atom is -0.459 e. The van der Waals surface area contributed by atoms with Gasteiger partial charge in [-0.15, -0.1) is 0 Å². The molecule has 0 amide bonds. The molecule has 26 heavy (non-hydrogen) atoms. The van der Waals surface area contributed by atoms with E-state index in [1.165, 1.54) is 45.1 Å². The molecule has 4 aliphatic heterocycles. The number of hydrogen-bond acceptors (Lipinski definition) is 4. The molecule has 4 fully saturated rings. The van der Waals surface area contributed by atoms with E-state index >= 15 is 0 Å². The molecule has 4 rings (SSSR count). The normalized spacial score (nSPS) is 38.7. The Morgan fingerprint density at radius 2 is 1.58 bits per heavy atom. The maximum absolute atomic E-state index is 12.1. The average Bonchev–Trinajstić information content (AvgIpc) is 2.66. The van der Waals surface area contributed by atoms with Crippen LogP contribution in [-0.2, 0) is 9.53 Å². The van der Waals surface area contributed by atoms with E-state index in [1.54, 1.807) is 6.08 Å². The highest BCUT2D eigenvalue weighted by Crippen LogP contribution is 2.42. The summed E-state index contributed by atoms with van der Waals surface area (Å²) in [7, 11) is 0. The molecule has 4 heteroatoms. The van der Waals surface area contributed by atoms with Crippen LogP contribution in [0.4, 0.5) is 0 Å². The molecule has 4 nitrogen and oxygen atoms in total. The number of piperidine rings is 4. The lowest BCUT2D eigenvalue weighted by atomic mass is 9.76. The Bertz CT molecular complexity index is 585. The van der Waals surface area contributed by atoms with Gasteiger partial charge in [0.25, 0.3) is 0 Å². The van der Waals surface area contributed by atoms with Crippen LogP contribution >= 0.6 is 0 Å². The van der Waals surface area contributed by atoms with Crippen LogP contribution in [0, 0.1) is 0 Å². The standard InChI is InChI=1S/C22H34N2O2/c1-3-16(2)7-8-22(25)26-21-9-11-24-18-12-17-6-4-5-10-23(17)19(13-18)14-20(24)15-21/h3,7-8,17-21H,4-6,9-15H2,1-2H3/b8-7-,16-3+/t17-,18+,19+,20-,21?/m1/s1. The third kappa shape index (κ3) is 3.77. The number of ether oxygens (including phenoxy) is 1. The minimum atomic E-state index is -0.184. The van der Waals surface area contributed by atoms with Gasteiger partial charge in [-0.25, -0.2) is 4.79 Å². The van der Waals surface area contributed by atoms with Gasteiger partial charge in [0, 0.05) is 43.2 Å². The van der Waals surface area contributed by atoms with Crippen LogP contribution in [0.2, 0.25) is 0 Å². The van der Waals surface area contributed by atoms with Crippen LogP contribution in [0.25, 0.3) is 0 Å². The van der Waals surface area contributed by atoms with E-state index in [9.17, 15) is 4.79 Å². The largest absolute Gasteiger partial charge is 0.459 e. The quantitative estimate of drug-likeness (QED) is 0.438. The molecule has 0 saturated carbocycles. The van der Waals surface area contributed by atoms with Gasteiger partial charge < -0.3 is 4.74 Å². The van der Waals surface area contributed by atoms with Crippen LogP contribution in [0.1, 0.15) is 65.2 Å². The van der Waals surface area contributed by atoms with Crippen molar-refractivity contribution in [2.45, 2.75) is 95.5 Å². The second-order valence-corrected chi connectivity index (χ2v) is 8.74. The smallest absolute Gasteiger partial charge is 0.331 e. The van der Waals surface area contributed by atoms with Crippen LogP contribution in [0.3, 0.4) is 0 Å². The lowest BCUT2D eigenvalue weighted by molar-refractivity contribution is -0.150. The monoisotopic (exact) mass is 358 g/mol. The number of carbonyl (C=O) groups excluding carboxylic acids is 1. The molecule has 4 heterocycles. The summed E-state index contributed by atoms with van der Waals surface area (Å²) >= 11 is 0. The van der Waals surface area contributed by atoms with Crippen molar-refractivity contribution in [1.29, 1.82) is 0 Å². The number of allylic oxidation sites excluding steroid dienone is 3. The van der Waals surface area contributed by atoms with E-state index in [0.717, 1.165) is 43.1 Å². The van der Waals surface area contributed by atoms with Crippen LogP contribution in [0.5, 0.6) is 0 Å². The number of carbonyl (C=O) groups is 1. The fraction of sp³-hybridized carbons (Fsp3) is 0.773. The van der Waals surface area contributed by atoms with E-state index in [2.05, 4.69) is 9.80 Å². The summed E-state index contributed by atoms with van der Waals surface area (Å²) in [5, 5.41) is 0. The van der Waals surface area contributed by atoms with Gasteiger partial charge in [0.2, 0.25) is 0 Å². The number of rotatable bonds is 3. The van der Waals surface area contributed by atoms with Gasteiger partial charge in [0.15, 0.2) is 0 Å². The molecule has 5 atom stereocenters. The first-order valence-electron chi connectivity index (χ1n) is 10.7. The van der Waals surface area contributed by atoms with Crippen molar-refractivity contribution >= 4 is 5.97 Å². The van der Waals surface area contributed by atoms with Crippen molar-refractivity contribution in [3.05, 3.63) is 23.8 Å². The number of fused-ring (bicyclic) bond motifs is 6. The Labute approximate surface area is 158 Å². The molecule has 0 spiro atoms. The Morgan fingerprint density at radius 1 is 0.885 bits per heavy atom. The summed E-state index contributed by atoms with van der Waals surface area (Å²) in [6.07, 6.45) is 15.7. The topological polar surface area (TPSA) is 32.8 Å². The predicted octanol–water partition coefficient (Wildman–Crippen LogP) is 3.67. The fourth-order valence-corrected chi connectivity index (χ4v) is 5.78. The molecule has 144 valence electrons. The highest BCUT2D eigenvalue weighted by atomic mass is 16.5. The molecular formula is C22H34N2O2. The molecule has 4 saturated heterocycles. The second-order valence-electron chi connectivity index (χ2n) is 8.74. The lowest BCUT2D eigenvalue weighted by Crippen LogP contribution is -2.65. The summed E-state index contributed by atoms with van der Waals surface area (Å²) in [6, 6.07) is 2.98. The zero-order valence-corrected chi connectivity index (χ0v) is 16.4. The van der Waals surface area contributed by atoms with Crippen LogP contribution in [0.15, 0.2) is 23.8 Å². The predicted molar refractivity (Wildman–Crippen MR) is 104 cm³/mol. The highest BCUT2D eigenvalue weighted by molar-refractivity contribution is 5.82. The van der Waals surface area contributed by atoms with E-state index in [0.29, 0.717) is 6.04 Å². The summed E-state index contributed by atoms with van der Waals surface area (Å²) in [6.45, 7) is 6.39. The number of nitrogens with zero attached hydrogens (tertiary/aromatic N) is 2. The first kappa shape index (κ1) is 18.2. The first-order chi connectivity index (χ1) is 12.6. The van der Waals surface area contributed by atoms with Crippen molar-refractivity contribution in [2.75, 3.05) is 13.1 Å². The first-order valence-corrected chi connectivity index (χ1v) is 10.7. The van der Waals surface area contributed by atoms with Crippen LogP contribution < -0.4 is 0 Å². The molecule has 4 aliphatic rings. The van der Waals surface area contributed by atoms with Crippen LogP contribution in [-0.4, -0.2) is 59.1 Å². The van der Waals surface area contributed by atoms with Gasteiger partial charge in [0.05, 0.1) is 0 Å². The van der Waals surface area contributed by atoms with Gasteiger partial charge in [-0.05, 0) is 58.9 Å². The van der Waals surface area contributed by atoms with E-state index in [4.69, 9.17) is 4.74 Å². The molecule has 0 aliphatic carbocycles. The average molecular weight is 359 g/mol. The van der Waals surface area contributed by atoms with Crippen molar-refractivity contribution in [3.63, 3.8) is 0 Å². The number of hydrogen-bond donors (Lipinski definition) is 0. The number of esters is 1. The summed E-state index contributed by atoms with van der Waals surface area (Å²) in [5.41, 5.74) is 1.09. The van der Waals surface area contributed by atoms with E-state index < -0.39 is 0 Å². The minimum absolute atomic E-state index is 0.0929. The molecule has 0 N–H and O–H groups in total. The van der Waals surface area contributed by atoms with E-state index in [1.807, 2.05) is 26.0 Å². The Kier molecular flexibility index (Phi) is 5.51. The third-order valence-electron chi connectivity index (χ3n) is 7.18. The molecule has 2 bridgehead atoms. The van der Waals surface area contributed by atoms with Crippen molar-refractivity contribution in [1.82, 2.24) is 9.80 Å². The summed E-state index contributed by atoms with van der Waals surface area (Å²) in [4.78, 5) is 17.7. The van der Waals surface area contributed by atoms with Gasteiger partial charge in [0.1, 0.15) is 6.10 Å². The third-order valence-corrected chi connectivity index (χ3v) is 7.18. The van der Waals surface area contributed by atoms with Gasteiger partial charge >= 0.3 is 5.97 Å². The Hall–Kier alpha value is -1.13. The van der Waals surface area contributed by atoms with Crippen molar-refractivity contribution < 1.29 is 9.53 Å². The molecule has 0 aromatic carbocycles. The van der Waals surface area contributed by atoms with Gasteiger partial charge in [-0.2, -0.15) is 0 Å². The molecule has 0 aromatic heterocycles. The van der Waals surface area contributed by atoms with Gasteiger partial charge in [-0.3, -0.25) is 9.80 Å². The maximum Gasteiger partial charge on any atom is 0.331 e. The second kappa shape index (κ2) is 7.85. The maximum atomic E-state index is 12.1. The molecule has 1 unspecified atom stereocenters. The Morgan fingerprint density at radius 3 is 2.35 bits per heavy atom.